The molecule has 0 saturated heterocycles. The summed E-state index contributed by atoms with van der Waals surface area (Å²) in [5.74, 6) is 1.99. The van der Waals surface area contributed by atoms with Crippen LogP contribution >= 0.6 is 15.9 Å². The Morgan fingerprint density at radius 1 is 1.18 bits per heavy atom. The maximum Gasteiger partial charge on any atom is 0.105 e. The zero-order chi connectivity index (χ0) is 12.4. The number of aryl methyl sites for hydroxylation is 3. The van der Waals surface area contributed by atoms with Crippen molar-refractivity contribution in [2.75, 3.05) is 0 Å². The lowest BCUT2D eigenvalue weighted by molar-refractivity contribution is 0.501. The molecule has 0 fully saturated rings. The Bertz CT molecular complexity index is 513. The van der Waals surface area contributed by atoms with Gasteiger partial charge in [-0.3, -0.25) is 0 Å². The summed E-state index contributed by atoms with van der Waals surface area (Å²) in [4.78, 5) is 0.321. The van der Waals surface area contributed by atoms with E-state index in [1.54, 1.807) is 0 Å². The van der Waals surface area contributed by atoms with Crippen LogP contribution < -0.4 is 0 Å². The third-order valence-electron chi connectivity index (χ3n) is 2.91. The highest BCUT2D eigenvalue weighted by molar-refractivity contribution is 9.09. The van der Waals surface area contributed by atoms with Gasteiger partial charge in [0.15, 0.2) is 0 Å². The van der Waals surface area contributed by atoms with E-state index >= 15 is 0 Å². The molecule has 0 amide bonds. The van der Waals surface area contributed by atoms with Crippen LogP contribution in [-0.2, 0) is 6.42 Å². The average Bonchev–Trinajstić information content (AvgIpc) is 2.58. The van der Waals surface area contributed by atoms with Crippen LogP contribution in [0.1, 0.15) is 33.0 Å². The van der Waals surface area contributed by atoms with Gasteiger partial charge in [0, 0.05) is 10.4 Å². The molecule has 0 aliphatic heterocycles. The van der Waals surface area contributed by atoms with Gasteiger partial charge in [0.1, 0.15) is 11.5 Å². The monoisotopic (exact) mass is 292 g/mol. The molecule has 2 heteroatoms. The SMILES string of the molecule is Cc1cccc(CC(Br)c2cc(C)oc2C)c1. The summed E-state index contributed by atoms with van der Waals surface area (Å²) in [6.07, 6.45) is 0.988. The maximum atomic E-state index is 5.57. The quantitative estimate of drug-likeness (QED) is 0.735. The van der Waals surface area contributed by atoms with Crippen molar-refractivity contribution in [2.45, 2.75) is 32.0 Å². The minimum atomic E-state index is 0.321. The Balaban J connectivity index is 2.16. The first-order valence-corrected chi connectivity index (χ1v) is 6.74. The molecular weight excluding hydrogens is 276 g/mol. The topological polar surface area (TPSA) is 13.1 Å². The zero-order valence-electron chi connectivity index (χ0n) is 10.5. The van der Waals surface area contributed by atoms with Crippen LogP contribution in [0.3, 0.4) is 0 Å². The predicted molar refractivity (Wildman–Crippen MR) is 74.7 cm³/mol. The molecule has 0 spiro atoms. The molecule has 1 unspecified atom stereocenters. The molecule has 1 atom stereocenters. The van der Waals surface area contributed by atoms with E-state index in [0.717, 1.165) is 17.9 Å². The van der Waals surface area contributed by atoms with E-state index in [4.69, 9.17) is 4.42 Å². The van der Waals surface area contributed by atoms with Gasteiger partial charge >= 0.3 is 0 Å². The molecule has 17 heavy (non-hydrogen) atoms. The van der Waals surface area contributed by atoms with Gasteiger partial charge in [-0.15, -0.1) is 0 Å². The third-order valence-corrected chi connectivity index (χ3v) is 3.73. The van der Waals surface area contributed by atoms with Crippen LogP contribution in [0.25, 0.3) is 0 Å². The van der Waals surface area contributed by atoms with Crippen molar-refractivity contribution in [3.8, 4) is 0 Å². The smallest absolute Gasteiger partial charge is 0.105 e. The van der Waals surface area contributed by atoms with Crippen LogP contribution in [0.2, 0.25) is 0 Å². The van der Waals surface area contributed by atoms with E-state index in [2.05, 4.69) is 53.2 Å². The highest BCUT2D eigenvalue weighted by atomic mass is 79.9. The molecule has 0 saturated carbocycles. The number of alkyl halides is 1. The molecule has 0 aliphatic rings. The van der Waals surface area contributed by atoms with Gasteiger partial charge in [0.05, 0.1) is 0 Å². The molecule has 2 aromatic rings. The lowest BCUT2D eigenvalue weighted by atomic mass is 10.0. The number of furan rings is 1. The minimum Gasteiger partial charge on any atom is -0.466 e. The fourth-order valence-corrected chi connectivity index (χ4v) is 2.95. The molecule has 0 radical (unpaired) electrons. The van der Waals surface area contributed by atoms with Gasteiger partial charge in [0.25, 0.3) is 0 Å². The summed E-state index contributed by atoms with van der Waals surface area (Å²) in [7, 11) is 0. The molecule has 1 aromatic carbocycles. The van der Waals surface area contributed by atoms with Gasteiger partial charge in [-0.1, -0.05) is 45.8 Å². The summed E-state index contributed by atoms with van der Waals surface area (Å²) in [6, 6.07) is 10.8. The third kappa shape index (κ3) is 3.01. The van der Waals surface area contributed by atoms with Crippen molar-refractivity contribution in [2.24, 2.45) is 0 Å². The fraction of sp³-hybridized carbons (Fsp3) is 0.333. The van der Waals surface area contributed by atoms with Crippen LogP contribution in [-0.4, -0.2) is 0 Å². The van der Waals surface area contributed by atoms with E-state index in [1.165, 1.54) is 16.7 Å². The first-order chi connectivity index (χ1) is 8.06. The summed E-state index contributed by atoms with van der Waals surface area (Å²) < 4.78 is 5.57. The number of rotatable bonds is 3. The van der Waals surface area contributed by atoms with Crippen LogP contribution in [0.4, 0.5) is 0 Å². The largest absolute Gasteiger partial charge is 0.466 e. The Hall–Kier alpha value is -1.02. The lowest BCUT2D eigenvalue weighted by Crippen LogP contribution is -1.95. The van der Waals surface area contributed by atoms with Gasteiger partial charge < -0.3 is 4.42 Å². The van der Waals surface area contributed by atoms with Gasteiger partial charge in [-0.05, 0) is 38.8 Å². The van der Waals surface area contributed by atoms with E-state index in [0.29, 0.717) is 4.83 Å². The number of hydrogen-bond acceptors (Lipinski definition) is 1. The molecular formula is C15H17BrO. The number of hydrogen-bond donors (Lipinski definition) is 0. The second-order valence-electron chi connectivity index (χ2n) is 4.53. The van der Waals surface area contributed by atoms with Crippen LogP contribution in [0, 0.1) is 20.8 Å². The Morgan fingerprint density at radius 2 is 1.94 bits per heavy atom. The predicted octanol–water partition coefficient (Wildman–Crippen LogP) is 4.88. The molecule has 1 nitrogen and oxygen atoms in total. The highest BCUT2D eigenvalue weighted by Crippen LogP contribution is 2.31. The summed E-state index contributed by atoms with van der Waals surface area (Å²) in [6.45, 7) is 6.13. The molecule has 0 aliphatic carbocycles. The summed E-state index contributed by atoms with van der Waals surface area (Å²) in [5, 5.41) is 0. The number of benzene rings is 1. The van der Waals surface area contributed by atoms with Gasteiger partial charge in [-0.25, -0.2) is 0 Å². The Morgan fingerprint density at radius 3 is 2.53 bits per heavy atom. The molecule has 0 N–H and O–H groups in total. The summed E-state index contributed by atoms with van der Waals surface area (Å²) in [5.41, 5.74) is 3.91. The van der Waals surface area contributed by atoms with Crippen molar-refractivity contribution in [3.63, 3.8) is 0 Å². The molecule has 1 heterocycles. The van der Waals surface area contributed by atoms with Crippen molar-refractivity contribution in [3.05, 3.63) is 58.5 Å². The Labute approximate surface area is 111 Å². The second-order valence-corrected chi connectivity index (χ2v) is 5.63. The second kappa shape index (κ2) is 5.09. The molecule has 1 aromatic heterocycles. The van der Waals surface area contributed by atoms with E-state index in [9.17, 15) is 0 Å². The fourth-order valence-electron chi connectivity index (χ4n) is 2.12. The minimum absolute atomic E-state index is 0.321. The van der Waals surface area contributed by atoms with E-state index in [1.807, 2.05) is 13.8 Å². The zero-order valence-corrected chi connectivity index (χ0v) is 12.0. The maximum absolute atomic E-state index is 5.57. The Kier molecular flexibility index (Phi) is 3.72. The first kappa shape index (κ1) is 12.4. The van der Waals surface area contributed by atoms with Gasteiger partial charge in [-0.2, -0.15) is 0 Å². The molecule has 2 rings (SSSR count). The summed E-state index contributed by atoms with van der Waals surface area (Å²) >= 11 is 3.75. The van der Waals surface area contributed by atoms with Crippen molar-refractivity contribution < 1.29 is 4.42 Å². The highest BCUT2D eigenvalue weighted by Gasteiger charge is 2.14. The van der Waals surface area contributed by atoms with Crippen molar-refractivity contribution in [1.29, 1.82) is 0 Å². The first-order valence-electron chi connectivity index (χ1n) is 5.83. The number of halogens is 1. The van der Waals surface area contributed by atoms with Crippen LogP contribution in [0.5, 0.6) is 0 Å². The van der Waals surface area contributed by atoms with Crippen LogP contribution in [0.15, 0.2) is 34.7 Å². The average molecular weight is 293 g/mol. The molecule has 0 bridgehead atoms. The standard InChI is InChI=1S/C15H17BrO/c1-10-5-4-6-13(7-10)9-15(16)14-8-11(2)17-12(14)3/h4-8,15H,9H2,1-3H3. The normalized spacial score (nSPS) is 12.7. The lowest BCUT2D eigenvalue weighted by Gasteiger charge is -2.09. The van der Waals surface area contributed by atoms with Crippen molar-refractivity contribution in [1.82, 2.24) is 0 Å². The van der Waals surface area contributed by atoms with E-state index < -0.39 is 0 Å². The van der Waals surface area contributed by atoms with E-state index in [-0.39, 0.29) is 0 Å². The van der Waals surface area contributed by atoms with Crippen molar-refractivity contribution >= 4 is 15.9 Å². The molecule has 90 valence electrons. The van der Waals surface area contributed by atoms with Gasteiger partial charge in [0.2, 0.25) is 0 Å².